The molecular formula is C54H91NO8. The second kappa shape index (κ2) is 43.0. The molecule has 1 saturated heterocycles. The van der Waals surface area contributed by atoms with Crippen LogP contribution in [0.25, 0.3) is 0 Å². The zero-order valence-electron chi connectivity index (χ0n) is 39.5. The van der Waals surface area contributed by atoms with E-state index in [9.17, 15) is 30.3 Å². The molecule has 7 atom stereocenters. The lowest BCUT2D eigenvalue weighted by Gasteiger charge is -2.40. The van der Waals surface area contributed by atoms with E-state index < -0.39 is 49.5 Å². The molecule has 7 unspecified atom stereocenters. The van der Waals surface area contributed by atoms with Crippen molar-refractivity contribution in [1.82, 2.24) is 5.32 Å². The fraction of sp³-hybridized carbons (Fsp3) is 0.685. The molecule has 63 heavy (non-hydrogen) atoms. The van der Waals surface area contributed by atoms with Crippen molar-refractivity contribution in [2.45, 2.75) is 224 Å². The van der Waals surface area contributed by atoms with Crippen LogP contribution < -0.4 is 5.32 Å². The Bertz CT molecular complexity index is 1300. The van der Waals surface area contributed by atoms with Gasteiger partial charge in [-0.15, -0.1) is 0 Å². The van der Waals surface area contributed by atoms with Crippen LogP contribution in [0.15, 0.2) is 97.2 Å². The van der Waals surface area contributed by atoms with Crippen molar-refractivity contribution in [3.8, 4) is 0 Å². The molecule has 0 aromatic carbocycles. The van der Waals surface area contributed by atoms with Gasteiger partial charge in [-0.1, -0.05) is 188 Å². The van der Waals surface area contributed by atoms with Gasteiger partial charge in [-0.3, -0.25) is 4.79 Å². The van der Waals surface area contributed by atoms with Gasteiger partial charge in [-0.25, -0.2) is 0 Å². The number of hydrogen-bond acceptors (Lipinski definition) is 8. The zero-order chi connectivity index (χ0) is 45.9. The van der Waals surface area contributed by atoms with Gasteiger partial charge >= 0.3 is 0 Å². The predicted octanol–water partition coefficient (Wildman–Crippen LogP) is 11.3. The molecule has 1 aliphatic rings. The SMILES string of the molecule is CC/C=C\C/C=C\C/C=C\C/C=C\C/C=C\CCCCCCCCCCCCCCCC(=O)NC(COC1OC(CO)C(O)C(O)C1O)C(O)/C=C/CC/C=C/CC/C=C/CCC. The third kappa shape index (κ3) is 33.3. The summed E-state index contributed by atoms with van der Waals surface area (Å²) < 4.78 is 11.2. The lowest BCUT2D eigenvalue weighted by molar-refractivity contribution is -0.302. The number of carbonyl (C=O) groups excluding carboxylic acids is 1. The molecule has 360 valence electrons. The van der Waals surface area contributed by atoms with E-state index in [1.165, 1.54) is 70.6 Å². The fourth-order valence-electron chi connectivity index (χ4n) is 7.16. The Morgan fingerprint density at radius 3 is 1.51 bits per heavy atom. The zero-order valence-corrected chi connectivity index (χ0v) is 39.5. The predicted molar refractivity (Wildman–Crippen MR) is 262 cm³/mol. The van der Waals surface area contributed by atoms with Gasteiger partial charge in [0.15, 0.2) is 6.29 Å². The molecule has 0 aromatic heterocycles. The molecule has 0 spiro atoms. The highest BCUT2D eigenvalue weighted by Gasteiger charge is 2.44. The summed E-state index contributed by atoms with van der Waals surface area (Å²) in [5.74, 6) is -0.199. The monoisotopic (exact) mass is 882 g/mol. The molecule has 0 aromatic rings. The molecule has 0 saturated carbocycles. The Morgan fingerprint density at radius 1 is 0.556 bits per heavy atom. The van der Waals surface area contributed by atoms with Crippen LogP contribution in [0.1, 0.15) is 181 Å². The molecule has 9 heteroatoms. The van der Waals surface area contributed by atoms with E-state index in [2.05, 4.69) is 104 Å². The third-order valence-corrected chi connectivity index (χ3v) is 11.1. The van der Waals surface area contributed by atoms with Crippen LogP contribution in [0, 0.1) is 0 Å². The summed E-state index contributed by atoms with van der Waals surface area (Å²) in [5.41, 5.74) is 0. The third-order valence-electron chi connectivity index (χ3n) is 11.1. The fourth-order valence-corrected chi connectivity index (χ4v) is 7.16. The van der Waals surface area contributed by atoms with Crippen LogP contribution in [-0.2, 0) is 14.3 Å². The molecule has 0 bridgehead atoms. The first-order valence-corrected chi connectivity index (χ1v) is 25.0. The number of carbonyl (C=O) groups is 1. The highest BCUT2D eigenvalue weighted by atomic mass is 16.7. The summed E-state index contributed by atoms with van der Waals surface area (Å²) in [7, 11) is 0. The minimum Gasteiger partial charge on any atom is -0.394 e. The van der Waals surface area contributed by atoms with Crippen molar-refractivity contribution in [2.75, 3.05) is 13.2 Å². The Morgan fingerprint density at radius 2 is 1.00 bits per heavy atom. The summed E-state index contributed by atoms with van der Waals surface area (Å²) in [6.45, 7) is 3.54. The van der Waals surface area contributed by atoms with Crippen molar-refractivity contribution in [2.24, 2.45) is 0 Å². The van der Waals surface area contributed by atoms with E-state index >= 15 is 0 Å². The second-order valence-electron chi connectivity index (χ2n) is 16.9. The minimum absolute atomic E-state index is 0.199. The smallest absolute Gasteiger partial charge is 0.220 e. The minimum atomic E-state index is -1.58. The number of hydrogen-bond donors (Lipinski definition) is 6. The topological polar surface area (TPSA) is 149 Å². The first-order valence-electron chi connectivity index (χ1n) is 25.0. The van der Waals surface area contributed by atoms with E-state index in [1.807, 2.05) is 6.08 Å². The van der Waals surface area contributed by atoms with Crippen molar-refractivity contribution in [3.63, 3.8) is 0 Å². The molecule has 1 fully saturated rings. The van der Waals surface area contributed by atoms with E-state index in [-0.39, 0.29) is 12.5 Å². The standard InChI is InChI=1S/C54H91NO8/c1-3-5-7-9-11-13-15-16-17-18-19-20-21-22-23-24-25-26-27-28-29-30-31-32-34-36-38-40-42-44-50(58)55-47(46-62-54-53(61)52(60)51(59)49(45-56)63-54)48(57)43-41-39-37-35-33-14-12-10-8-6-4-2/h5,7-8,10-11,13,16-17,19-20,22-23,33,35,41,43,47-49,51-54,56-57,59-61H,3-4,6,9,12,14-15,18,21,24-32,34,36-40,42,44-46H2,1-2H3,(H,55,58)/b7-5-,10-8+,13-11-,17-16-,20-19-,23-22-,35-33+,43-41+. The summed E-state index contributed by atoms with van der Waals surface area (Å²) in [4.78, 5) is 13.0. The largest absolute Gasteiger partial charge is 0.394 e. The van der Waals surface area contributed by atoms with E-state index in [0.717, 1.165) is 89.9 Å². The van der Waals surface area contributed by atoms with Gasteiger partial charge in [0.2, 0.25) is 5.91 Å². The molecule has 0 radical (unpaired) electrons. The normalized spacial score (nSPS) is 21.0. The number of amides is 1. The maximum Gasteiger partial charge on any atom is 0.220 e. The molecule has 1 rings (SSSR count). The number of unbranched alkanes of at least 4 members (excludes halogenated alkanes) is 16. The molecule has 6 N–H and O–H groups in total. The summed E-state index contributed by atoms with van der Waals surface area (Å²) in [6, 6.07) is -0.832. The summed E-state index contributed by atoms with van der Waals surface area (Å²) in [6.07, 6.45) is 54.7. The van der Waals surface area contributed by atoms with E-state index in [0.29, 0.717) is 6.42 Å². The van der Waals surface area contributed by atoms with Gasteiger partial charge in [-0.05, 0) is 83.5 Å². The summed E-state index contributed by atoms with van der Waals surface area (Å²) >= 11 is 0. The van der Waals surface area contributed by atoms with Gasteiger partial charge in [0, 0.05) is 6.42 Å². The number of ether oxygens (including phenoxy) is 2. The maximum absolute atomic E-state index is 13.0. The first kappa shape index (κ1) is 58.1. The first-order chi connectivity index (χ1) is 30.8. The van der Waals surface area contributed by atoms with E-state index in [1.54, 1.807) is 6.08 Å². The number of allylic oxidation sites excluding steroid dienone is 15. The van der Waals surface area contributed by atoms with Gasteiger partial charge in [0.1, 0.15) is 24.4 Å². The van der Waals surface area contributed by atoms with Crippen molar-refractivity contribution < 1.29 is 39.8 Å². The highest BCUT2D eigenvalue weighted by Crippen LogP contribution is 2.22. The van der Waals surface area contributed by atoms with Crippen LogP contribution in [0.2, 0.25) is 0 Å². The van der Waals surface area contributed by atoms with Crippen LogP contribution in [-0.4, -0.2) is 87.5 Å². The van der Waals surface area contributed by atoms with Crippen LogP contribution in [0.5, 0.6) is 0 Å². The molecule has 1 heterocycles. The Kier molecular flexibility index (Phi) is 39.7. The second-order valence-corrected chi connectivity index (χ2v) is 16.9. The Balaban J connectivity index is 2.21. The lowest BCUT2D eigenvalue weighted by Crippen LogP contribution is -2.60. The number of nitrogens with one attached hydrogen (secondary N) is 1. The number of aliphatic hydroxyl groups excluding tert-OH is 5. The molecule has 9 nitrogen and oxygen atoms in total. The Labute approximate surface area is 383 Å². The van der Waals surface area contributed by atoms with E-state index in [4.69, 9.17) is 9.47 Å². The van der Waals surface area contributed by atoms with Crippen LogP contribution in [0.4, 0.5) is 0 Å². The average molecular weight is 882 g/mol. The average Bonchev–Trinajstić information content (AvgIpc) is 3.28. The highest BCUT2D eigenvalue weighted by molar-refractivity contribution is 5.76. The summed E-state index contributed by atoms with van der Waals surface area (Å²) in [5, 5.41) is 54.1. The molecular weight excluding hydrogens is 791 g/mol. The number of aliphatic hydroxyl groups is 5. The number of rotatable bonds is 40. The van der Waals surface area contributed by atoms with Gasteiger partial charge in [0.05, 0.1) is 25.4 Å². The maximum atomic E-state index is 13.0. The van der Waals surface area contributed by atoms with Crippen molar-refractivity contribution >= 4 is 5.91 Å². The van der Waals surface area contributed by atoms with Crippen molar-refractivity contribution in [3.05, 3.63) is 97.2 Å². The Hall–Kier alpha value is -2.89. The van der Waals surface area contributed by atoms with Gasteiger partial charge in [-0.2, -0.15) is 0 Å². The lowest BCUT2D eigenvalue weighted by atomic mass is 9.99. The van der Waals surface area contributed by atoms with Gasteiger partial charge in [0.25, 0.3) is 0 Å². The van der Waals surface area contributed by atoms with Gasteiger partial charge < -0.3 is 40.3 Å². The molecule has 1 aliphatic heterocycles. The van der Waals surface area contributed by atoms with Crippen molar-refractivity contribution in [1.29, 1.82) is 0 Å². The molecule has 1 amide bonds. The van der Waals surface area contributed by atoms with Crippen LogP contribution >= 0.6 is 0 Å². The quantitative estimate of drug-likeness (QED) is 0.0263. The van der Waals surface area contributed by atoms with Crippen LogP contribution in [0.3, 0.4) is 0 Å². The molecule has 0 aliphatic carbocycles.